The van der Waals surface area contributed by atoms with Gasteiger partial charge in [-0.2, -0.15) is 0 Å². The molecular weight excluding hydrogens is 266 g/mol. The molecule has 0 aliphatic heterocycles. The summed E-state index contributed by atoms with van der Waals surface area (Å²) >= 11 is 1.82. The fourth-order valence-electron chi connectivity index (χ4n) is 1.91. The normalized spacial score (nSPS) is 10.7. The highest BCUT2D eigenvalue weighted by molar-refractivity contribution is 7.98. The zero-order valence-corrected chi connectivity index (χ0v) is 12.6. The molecule has 3 heteroatoms. The summed E-state index contributed by atoms with van der Waals surface area (Å²) in [6.07, 6.45) is 1.16. The summed E-state index contributed by atoms with van der Waals surface area (Å²) in [5.74, 6) is 1.24. The number of hydrogen-bond donors (Lipinski definition) is 2. The van der Waals surface area contributed by atoms with Gasteiger partial charge in [0.2, 0.25) is 0 Å². The molecule has 2 aromatic rings. The van der Waals surface area contributed by atoms with E-state index in [0.717, 1.165) is 25.3 Å². The van der Waals surface area contributed by atoms with E-state index in [0.29, 0.717) is 5.75 Å². The van der Waals surface area contributed by atoms with Crippen molar-refractivity contribution >= 4 is 11.8 Å². The average molecular weight is 287 g/mol. The molecule has 0 radical (unpaired) electrons. The predicted molar refractivity (Wildman–Crippen MR) is 86.1 cm³/mol. The van der Waals surface area contributed by atoms with Crippen LogP contribution in [0.25, 0.3) is 0 Å². The van der Waals surface area contributed by atoms with Gasteiger partial charge in [-0.1, -0.05) is 31.2 Å². The zero-order chi connectivity index (χ0) is 14.2. The Morgan fingerprint density at radius 2 is 1.85 bits per heavy atom. The Labute approximate surface area is 125 Å². The highest BCUT2D eigenvalue weighted by Crippen LogP contribution is 2.24. The number of rotatable bonds is 7. The van der Waals surface area contributed by atoms with Crippen molar-refractivity contribution in [2.75, 3.05) is 6.54 Å². The van der Waals surface area contributed by atoms with Gasteiger partial charge in [0, 0.05) is 17.2 Å². The first kappa shape index (κ1) is 14.9. The van der Waals surface area contributed by atoms with E-state index in [4.69, 9.17) is 0 Å². The van der Waals surface area contributed by atoms with Crippen LogP contribution in [-0.4, -0.2) is 11.7 Å². The number of benzene rings is 2. The van der Waals surface area contributed by atoms with Gasteiger partial charge in [0.15, 0.2) is 0 Å². The molecule has 0 atom stereocenters. The van der Waals surface area contributed by atoms with Crippen molar-refractivity contribution in [2.24, 2.45) is 0 Å². The lowest BCUT2D eigenvalue weighted by atomic mass is 10.2. The lowest BCUT2D eigenvalue weighted by Gasteiger charge is -2.06. The molecule has 0 unspecified atom stereocenters. The van der Waals surface area contributed by atoms with Crippen LogP contribution in [0.4, 0.5) is 0 Å². The van der Waals surface area contributed by atoms with E-state index in [2.05, 4.69) is 36.5 Å². The standard InChI is InChI=1S/C17H21NOS/c1-2-10-18-12-15-4-3-5-17(11-15)20-13-14-6-8-16(19)9-7-14/h3-9,11,18-19H,2,10,12-13H2,1H3. The molecule has 20 heavy (non-hydrogen) atoms. The van der Waals surface area contributed by atoms with E-state index >= 15 is 0 Å². The third-order valence-corrected chi connectivity index (χ3v) is 4.06. The predicted octanol–water partition coefficient (Wildman–Crippen LogP) is 4.18. The monoisotopic (exact) mass is 287 g/mol. The first-order chi connectivity index (χ1) is 9.78. The Morgan fingerprint density at radius 3 is 2.60 bits per heavy atom. The number of thioether (sulfide) groups is 1. The fraction of sp³-hybridized carbons (Fsp3) is 0.294. The third-order valence-electron chi connectivity index (χ3n) is 3.00. The average Bonchev–Trinajstić information content (AvgIpc) is 2.47. The molecule has 0 saturated heterocycles. The second-order valence-corrected chi connectivity index (χ2v) is 5.83. The molecule has 0 spiro atoms. The summed E-state index contributed by atoms with van der Waals surface area (Å²) in [6, 6.07) is 16.1. The summed E-state index contributed by atoms with van der Waals surface area (Å²) in [7, 11) is 0. The molecule has 0 aromatic heterocycles. The number of phenolic OH excluding ortho intramolecular Hbond substituents is 1. The Bertz CT molecular complexity index is 525. The quantitative estimate of drug-likeness (QED) is 0.592. The Morgan fingerprint density at radius 1 is 1.05 bits per heavy atom. The minimum atomic E-state index is 0.322. The van der Waals surface area contributed by atoms with Gasteiger partial charge < -0.3 is 10.4 Å². The maximum Gasteiger partial charge on any atom is 0.115 e. The van der Waals surface area contributed by atoms with E-state index < -0.39 is 0 Å². The van der Waals surface area contributed by atoms with Gasteiger partial charge in [0.1, 0.15) is 5.75 Å². The van der Waals surface area contributed by atoms with E-state index in [1.165, 1.54) is 16.0 Å². The fourth-order valence-corrected chi connectivity index (χ4v) is 2.85. The molecule has 2 nitrogen and oxygen atoms in total. The molecule has 2 N–H and O–H groups in total. The van der Waals surface area contributed by atoms with Crippen molar-refractivity contribution in [2.45, 2.75) is 30.5 Å². The highest BCUT2D eigenvalue weighted by Gasteiger charge is 1.99. The van der Waals surface area contributed by atoms with E-state index in [9.17, 15) is 5.11 Å². The van der Waals surface area contributed by atoms with Crippen LogP contribution in [0.15, 0.2) is 53.4 Å². The summed E-state index contributed by atoms with van der Waals surface area (Å²) in [5.41, 5.74) is 2.55. The second-order valence-electron chi connectivity index (χ2n) is 4.78. The molecule has 0 heterocycles. The van der Waals surface area contributed by atoms with Crippen molar-refractivity contribution in [1.29, 1.82) is 0 Å². The van der Waals surface area contributed by atoms with Gasteiger partial charge in [-0.05, 0) is 48.4 Å². The van der Waals surface area contributed by atoms with Crippen molar-refractivity contribution in [3.63, 3.8) is 0 Å². The Kier molecular flexibility index (Phi) is 5.96. The van der Waals surface area contributed by atoms with E-state index in [1.54, 1.807) is 12.1 Å². The molecule has 0 aliphatic rings. The van der Waals surface area contributed by atoms with Crippen LogP contribution in [0.1, 0.15) is 24.5 Å². The van der Waals surface area contributed by atoms with Gasteiger partial charge in [0.25, 0.3) is 0 Å². The maximum absolute atomic E-state index is 9.27. The van der Waals surface area contributed by atoms with Crippen molar-refractivity contribution in [3.05, 3.63) is 59.7 Å². The number of hydrogen-bond acceptors (Lipinski definition) is 3. The van der Waals surface area contributed by atoms with Crippen LogP contribution in [0.5, 0.6) is 5.75 Å². The molecule has 0 amide bonds. The highest BCUT2D eigenvalue weighted by atomic mass is 32.2. The summed E-state index contributed by atoms with van der Waals surface area (Å²) < 4.78 is 0. The van der Waals surface area contributed by atoms with Crippen molar-refractivity contribution in [3.8, 4) is 5.75 Å². The van der Waals surface area contributed by atoms with Crippen molar-refractivity contribution < 1.29 is 5.11 Å². The summed E-state index contributed by atoms with van der Waals surface area (Å²) in [6.45, 7) is 4.17. The van der Waals surface area contributed by atoms with Gasteiger partial charge >= 0.3 is 0 Å². The number of aromatic hydroxyl groups is 1. The van der Waals surface area contributed by atoms with Gasteiger partial charge in [-0.15, -0.1) is 11.8 Å². The lowest BCUT2D eigenvalue weighted by molar-refractivity contribution is 0.475. The molecule has 2 rings (SSSR count). The third kappa shape index (κ3) is 4.91. The minimum Gasteiger partial charge on any atom is -0.508 e. The lowest BCUT2D eigenvalue weighted by Crippen LogP contribution is -2.13. The Hall–Kier alpha value is -1.45. The molecule has 0 bridgehead atoms. The topological polar surface area (TPSA) is 32.3 Å². The molecule has 0 aliphatic carbocycles. The first-order valence-electron chi connectivity index (χ1n) is 6.98. The second kappa shape index (κ2) is 7.98. The van der Waals surface area contributed by atoms with Crippen LogP contribution in [0.2, 0.25) is 0 Å². The molecule has 2 aromatic carbocycles. The smallest absolute Gasteiger partial charge is 0.115 e. The summed E-state index contributed by atoms with van der Waals surface area (Å²) in [4.78, 5) is 1.29. The van der Waals surface area contributed by atoms with Gasteiger partial charge in [-0.25, -0.2) is 0 Å². The van der Waals surface area contributed by atoms with Crippen LogP contribution < -0.4 is 5.32 Å². The van der Waals surface area contributed by atoms with E-state index in [-0.39, 0.29) is 0 Å². The van der Waals surface area contributed by atoms with Crippen LogP contribution in [0, 0.1) is 0 Å². The molecule has 106 valence electrons. The van der Waals surface area contributed by atoms with Crippen LogP contribution >= 0.6 is 11.8 Å². The number of phenols is 1. The number of nitrogens with one attached hydrogen (secondary N) is 1. The maximum atomic E-state index is 9.27. The first-order valence-corrected chi connectivity index (χ1v) is 7.97. The van der Waals surface area contributed by atoms with Gasteiger partial charge in [-0.3, -0.25) is 0 Å². The zero-order valence-electron chi connectivity index (χ0n) is 11.8. The molecular formula is C17H21NOS. The van der Waals surface area contributed by atoms with Gasteiger partial charge in [0.05, 0.1) is 0 Å². The minimum absolute atomic E-state index is 0.322. The Balaban J connectivity index is 1.89. The largest absolute Gasteiger partial charge is 0.508 e. The summed E-state index contributed by atoms with van der Waals surface area (Å²) in [5, 5.41) is 12.7. The van der Waals surface area contributed by atoms with Crippen LogP contribution in [0.3, 0.4) is 0 Å². The van der Waals surface area contributed by atoms with Crippen molar-refractivity contribution in [1.82, 2.24) is 5.32 Å². The van der Waals surface area contributed by atoms with Crippen LogP contribution in [-0.2, 0) is 12.3 Å². The molecule has 0 fully saturated rings. The SMILES string of the molecule is CCCNCc1cccc(SCc2ccc(O)cc2)c1. The van der Waals surface area contributed by atoms with E-state index in [1.807, 2.05) is 23.9 Å². The molecule has 0 saturated carbocycles.